The Kier molecular flexibility index (Phi) is 5.04. The summed E-state index contributed by atoms with van der Waals surface area (Å²) in [7, 11) is 0. The highest BCUT2D eigenvalue weighted by atomic mass is 35.5. The molecule has 0 aromatic carbocycles. The lowest BCUT2D eigenvalue weighted by atomic mass is 9.65. The number of aromatic nitrogens is 2. The number of hydrogen-bond donors (Lipinski definition) is 1. The lowest BCUT2D eigenvalue weighted by Crippen LogP contribution is -2.48. The highest BCUT2D eigenvalue weighted by Crippen LogP contribution is 2.44. The second kappa shape index (κ2) is 6.29. The molecule has 3 nitrogen and oxygen atoms in total. The first-order chi connectivity index (χ1) is 9.80. The average Bonchev–Trinajstić information content (AvgIpc) is 2.67. The zero-order valence-corrected chi connectivity index (χ0v) is 15.0. The molecule has 1 fully saturated rings. The third-order valence-corrected chi connectivity index (χ3v) is 5.08. The minimum Gasteiger partial charge on any atom is -0.312 e. The summed E-state index contributed by atoms with van der Waals surface area (Å²) in [5.41, 5.74) is 2.83. The molecule has 0 spiro atoms. The van der Waals surface area contributed by atoms with Gasteiger partial charge >= 0.3 is 0 Å². The van der Waals surface area contributed by atoms with Gasteiger partial charge in [-0.05, 0) is 58.8 Å². The summed E-state index contributed by atoms with van der Waals surface area (Å²) in [5.74, 6) is 0. The van der Waals surface area contributed by atoms with Crippen LogP contribution in [0.4, 0.5) is 0 Å². The van der Waals surface area contributed by atoms with Crippen LogP contribution in [0.5, 0.6) is 0 Å². The van der Waals surface area contributed by atoms with E-state index in [1.807, 2.05) is 0 Å². The number of halogens is 1. The quantitative estimate of drug-likeness (QED) is 0.852. The molecular formula is C17H30ClN3. The SMILES string of the molecule is CCc1nn(CC)c(CC2(CNC(C)(C)C)CCC2)c1Cl. The van der Waals surface area contributed by atoms with Crippen LogP contribution in [0.25, 0.3) is 0 Å². The topological polar surface area (TPSA) is 29.9 Å². The van der Waals surface area contributed by atoms with Crippen LogP contribution < -0.4 is 5.32 Å². The van der Waals surface area contributed by atoms with E-state index >= 15 is 0 Å². The Morgan fingerprint density at radius 2 is 1.95 bits per heavy atom. The molecule has 1 aromatic heterocycles. The summed E-state index contributed by atoms with van der Waals surface area (Å²) in [5, 5.41) is 9.26. The van der Waals surface area contributed by atoms with E-state index in [9.17, 15) is 0 Å². The summed E-state index contributed by atoms with van der Waals surface area (Å²) in [6.45, 7) is 12.9. The molecule has 1 aromatic rings. The molecule has 1 heterocycles. The summed E-state index contributed by atoms with van der Waals surface area (Å²) >= 11 is 6.58. The number of rotatable bonds is 6. The molecule has 0 radical (unpaired) electrons. The van der Waals surface area contributed by atoms with Gasteiger partial charge in [-0.2, -0.15) is 5.10 Å². The third-order valence-electron chi connectivity index (χ3n) is 4.64. The van der Waals surface area contributed by atoms with Crippen molar-refractivity contribution in [2.45, 2.75) is 78.8 Å². The Hall–Kier alpha value is -0.540. The fourth-order valence-corrected chi connectivity index (χ4v) is 3.42. The fourth-order valence-electron chi connectivity index (χ4n) is 3.09. The largest absolute Gasteiger partial charge is 0.312 e. The standard InChI is InChI=1S/C17H30ClN3/c1-6-13-15(18)14(21(7-2)20-13)11-17(9-8-10-17)12-19-16(3,4)5/h19H,6-12H2,1-5H3. The first-order valence-corrected chi connectivity index (χ1v) is 8.67. The van der Waals surface area contributed by atoms with Crippen LogP contribution >= 0.6 is 11.6 Å². The van der Waals surface area contributed by atoms with E-state index < -0.39 is 0 Å². The molecule has 0 unspecified atom stereocenters. The molecule has 0 bridgehead atoms. The second-order valence-corrected chi connectivity index (χ2v) is 7.89. The molecular weight excluding hydrogens is 282 g/mol. The van der Waals surface area contributed by atoms with Gasteiger partial charge in [-0.3, -0.25) is 4.68 Å². The van der Waals surface area contributed by atoms with Gasteiger partial charge in [-0.15, -0.1) is 0 Å². The maximum atomic E-state index is 6.58. The van der Waals surface area contributed by atoms with Crippen LogP contribution in [0, 0.1) is 5.41 Å². The maximum Gasteiger partial charge on any atom is 0.0850 e. The number of hydrogen-bond acceptors (Lipinski definition) is 2. The number of nitrogens with zero attached hydrogens (tertiary/aromatic N) is 2. The van der Waals surface area contributed by atoms with E-state index in [0.29, 0.717) is 5.41 Å². The van der Waals surface area contributed by atoms with E-state index in [0.717, 1.165) is 36.6 Å². The molecule has 120 valence electrons. The van der Waals surface area contributed by atoms with Crippen molar-refractivity contribution in [2.75, 3.05) is 6.54 Å². The predicted molar refractivity (Wildman–Crippen MR) is 90.0 cm³/mol. The zero-order valence-electron chi connectivity index (χ0n) is 14.2. The van der Waals surface area contributed by atoms with Crippen LogP contribution in [0.2, 0.25) is 5.02 Å². The van der Waals surface area contributed by atoms with Crippen LogP contribution in [0.3, 0.4) is 0 Å². The van der Waals surface area contributed by atoms with Crippen LogP contribution in [0.15, 0.2) is 0 Å². The minimum absolute atomic E-state index is 0.173. The first-order valence-electron chi connectivity index (χ1n) is 8.29. The van der Waals surface area contributed by atoms with Crippen molar-refractivity contribution in [3.8, 4) is 0 Å². The van der Waals surface area contributed by atoms with E-state index in [4.69, 9.17) is 11.6 Å². The normalized spacial score (nSPS) is 17.8. The maximum absolute atomic E-state index is 6.58. The average molecular weight is 312 g/mol. The van der Waals surface area contributed by atoms with Gasteiger partial charge in [0.15, 0.2) is 0 Å². The monoisotopic (exact) mass is 311 g/mol. The lowest BCUT2D eigenvalue weighted by Gasteiger charge is -2.44. The lowest BCUT2D eigenvalue weighted by molar-refractivity contribution is 0.115. The van der Waals surface area contributed by atoms with Crippen molar-refractivity contribution in [1.82, 2.24) is 15.1 Å². The molecule has 1 aliphatic rings. The van der Waals surface area contributed by atoms with E-state index in [-0.39, 0.29) is 5.54 Å². The highest BCUT2D eigenvalue weighted by Gasteiger charge is 2.39. The van der Waals surface area contributed by atoms with Gasteiger partial charge in [0.1, 0.15) is 0 Å². The molecule has 1 N–H and O–H groups in total. The van der Waals surface area contributed by atoms with Gasteiger partial charge in [0.05, 0.1) is 16.4 Å². The van der Waals surface area contributed by atoms with Crippen LogP contribution in [0.1, 0.15) is 65.3 Å². The highest BCUT2D eigenvalue weighted by molar-refractivity contribution is 6.31. The first kappa shape index (κ1) is 16.8. The fraction of sp³-hybridized carbons (Fsp3) is 0.824. The molecule has 4 heteroatoms. The molecule has 0 amide bonds. The van der Waals surface area contributed by atoms with Crippen molar-refractivity contribution in [2.24, 2.45) is 5.41 Å². The smallest absolute Gasteiger partial charge is 0.0850 e. The van der Waals surface area contributed by atoms with Crippen molar-refractivity contribution < 1.29 is 0 Å². The Morgan fingerprint density at radius 1 is 1.29 bits per heavy atom. The predicted octanol–water partition coefficient (Wildman–Crippen LogP) is 4.22. The van der Waals surface area contributed by atoms with Gasteiger partial charge < -0.3 is 5.32 Å². The van der Waals surface area contributed by atoms with Gasteiger partial charge in [-0.1, -0.05) is 24.9 Å². The van der Waals surface area contributed by atoms with Crippen LogP contribution in [-0.4, -0.2) is 21.9 Å². The van der Waals surface area contributed by atoms with Crippen molar-refractivity contribution >= 4 is 11.6 Å². The van der Waals surface area contributed by atoms with Crippen molar-refractivity contribution in [1.29, 1.82) is 0 Å². The van der Waals surface area contributed by atoms with Crippen molar-refractivity contribution in [3.63, 3.8) is 0 Å². The summed E-state index contributed by atoms with van der Waals surface area (Å²) in [6.07, 6.45) is 5.89. The van der Waals surface area contributed by atoms with E-state index in [1.165, 1.54) is 25.0 Å². The molecule has 0 saturated heterocycles. The Balaban J connectivity index is 2.17. The Morgan fingerprint density at radius 3 is 2.38 bits per heavy atom. The minimum atomic E-state index is 0.173. The third kappa shape index (κ3) is 3.81. The molecule has 2 rings (SSSR count). The number of nitrogens with one attached hydrogen (secondary N) is 1. The summed E-state index contributed by atoms with van der Waals surface area (Å²) in [4.78, 5) is 0. The molecule has 1 aliphatic carbocycles. The second-order valence-electron chi connectivity index (χ2n) is 7.51. The van der Waals surface area contributed by atoms with Gasteiger partial charge in [0.2, 0.25) is 0 Å². The van der Waals surface area contributed by atoms with E-state index in [1.54, 1.807) is 0 Å². The van der Waals surface area contributed by atoms with Gasteiger partial charge in [0.25, 0.3) is 0 Å². The van der Waals surface area contributed by atoms with E-state index in [2.05, 4.69) is 49.7 Å². The van der Waals surface area contributed by atoms with Gasteiger partial charge in [-0.25, -0.2) is 0 Å². The zero-order chi connectivity index (χ0) is 15.7. The molecule has 0 aliphatic heterocycles. The summed E-state index contributed by atoms with van der Waals surface area (Å²) < 4.78 is 2.11. The molecule has 0 atom stereocenters. The Bertz CT molecular complexity index is 481. The molecule has 21 heavy (non-hydrogen) atoms. The van der Waals surface area contributed by atoms with Crippen molar-refractivity contribution in [3.05, 3.63) is 16.4 Å². The summed E-state index contributed by atoms with van der Waals surface area (Å²) in [6, 6.07) is 0. The number of aryl methyl sites for hydroxylation is 2. The molecule has 1 saturated carbocycles. The van der Waals surface area contributed by atoms with Gasteiger partial charge in [0, 0.05) is 18.6 Å². The Labute approximate surface area is 134 Å². The van der Waals surface area contributed by atoms with Crippen LogP contribution in [-0.2, 0) is 19.4 Å².